The fourth-order valence-electron chi connectivity index (χ4n) is 1.19. The Morgan fingerprint density at radius 2 is 1.69 bits per heavy atom. The molecule has 0 aromatic rings. The molecular weight excluding hydrogens is 170 g/mol. The van der Waals surface area contributed by atoms with E-state index in [1.807, 2.05) is 13.8 Å². The summed E-state index contributed by atoms with van der Waals surface area (Å²) in [4.78, 5) is 0. The van der Waals surface area contributed by atoms with Crippen LogP contribution in [0.2, 0.25) is 0 Å². The van der Waals surface area contributed by atoms with E-state index in [4.69, 9.17) is 0 Å². The van der Waals surface area contributed by atoms with Gasteiger partial charge in [-0.15, -0.1) is 0 Å². The number of hydrogen-bond acceptors (Lipinski definition) is 0. The van der Waals surface area contributed by atoms with E-state index in [1.165, 1.54) is 13.8 Å². The molecule has 0 aliphatic carbocycles. The average Bonchev–Trinajstić information content (AvgIpc) is 2.01. The van der Waals surface area contributed by atoms with E-state index in [2.05, 4.69) is 0 Å². The minimum atomic E-state index is -1.41. The van der Waals surface area contributed by atoms with Crippen LogP contribution >= 0.6 is 0 Å². The van der Waals surface area contributed by atoms with Gasteiger partial charge in [-0.1, -0.05) is 27.2 Å². The quantitative estimate of drug-likeness (QED) is 0.614. The number of hydrogen-bond donors (Lipinski definition) is 0. The van der Waals surface area contributed by atoms with Gasteiger partial charge in [-0.25, -0.2) is 8.78 Å². The molecule has 0 aromatic heterocycles. The van der Waals surface area contributed by atoms with E-state index in [0.717, 1.165) is 6.42 Å². The molecule has 0 saturated carbocycles. The van der Waals surface area contributed by atoms with Crippen LogP contribution in [-0.2, 0) is 0 Å². The zero-order chi connectivity index (χ0) is 10.6. The van der Waals surface area contributed by atoms with Gasteiger partial charge in [0.05, 0.1) is 0 Å². The van der Waals surface area contributed by atoms with Crippen molar-refractivity contribution in [1.29, 1.82) is 0 Å². The molecule has 2 unspecified atom stereocenters. The van der Waals surface area contributed by atoms with Gasteiger partial charge in [-0.05, 0) is 26.2 Å². The summed E-state index contributed by atoms with van der Waals surface area (Å²) in [7, 11) is 0. The molecule has 0 aliphatic heterocycles. The second-order valence-electron chi connectivity index (χ2n) is 4.62. The molecule has 0 amide bonds. The van der Waals surface area contributed by atoms with Crippen molar-refractivity contribution in [2.45, 2.75) is 59.3 Å². The summed E-state index contributed by atoms with van der Waals surface area (Å²) in [5.74, 6) is -0.165. The Morgan fingerprint density at radius 3 is 2.00 bits per heavy atom. The fourth-order valence-corrected chi connectivity index (χ4v) is 1.19. The molecule has 0 heterocycles. The van der Waals surface area contributed by atoms with E-state index in [1.54, 1.807) is 6.92 Å². The van der Waals surface area contributed by atoms with Gasteiger partial charge in [0, 0.05) is 5.92 Å². The highest BCUT2D eigenvalue weighted by atomic mass is 19.2. The summed E-state index contributed by atoms with van der Waals surface area (Å²) in [5, 5.41) is 0. The lowest BCUT2D eigenvalue weighted by Crippen LogP contribution is -2.32. The van der Waals surface area contributed by atoms with Gasteiger partial charge in [-0.2, -0.15) is 0 Å². The molecule has 80 valence electrons. The first-order valence-corrected chi connectivity index (χ1v) is 5.12. The molecule has 0 N–H and O–H groups in total. The van der Waals surface area contributed by atoms with Gasteiger partial charge in [0.25, 0.3) is 0 Å². The van der Waals surface area contributed by atoms with E-state index in [0.29, 0.717) is 12.3 Å². The summed E-state index contributed by atoms with van der Waals surface area (Å²) in [6.07, 6.45) is 0.417. The maximum atomic E-state index is 13.5. The summed E-state index contributed by atoms with van der Waals surface area (Å²) >= 11 is 0. The molecule has 0 aromatic carbocycles. The fraction of sp³-hybridized carbons (Fsp3) is 1.00. The zero-order valence-electron chi connectivity index (χ0n) is 9.40. The van der Waals surface area contributed by atoms with Crippen molar-refractivity contribution in [1.82, 2.24) is 0 Å². The van der Waals surface area contributed by atoms with E-state index in [9.17, 15) is 8.78 Å². The lowest BCUT2D eigenvalue weighted by Gasteiger charge is -2.27. The topological polar surface area (TPSA) is 0 Å². The lowest BCUT2D eigenvalue weighted by atomic mass is 9.86. The second-order valence-corrected chi connectivity index (χ2v) is 4.62. The van der Waals surface area contributed by atoms with Crippen LogP contribution in [0.25, 0.3) is 0 Å². The monoisotopic (exact) mass is 192 g/mol. The molecule has 0 rings (SSSR count). The van der Waals surface area contributed by atoms with Gasteiger partial charge < -0.3 is 0 Å². The van der Waals surface area contributed by atoms with E-state index < -0.39 is 17.8 Å². The highest BCUT2D eigenvalue weighted by molar-refractivity contribution is 4.81. The Morgan fingerprint density at radius 1 is 1.23 bits per heavy atom. The van der Waals surface area contributed by atoms with Crippen molar-refractivity contribution in [2.24, 2.45) is 11.8 Å². The van der Waals surface area contributed by atoms with Crippen LogP contribution in [0.1, 0.15) is 47.5 Å². The molecule has 2 heteroatoms. The van der Waals surface area contributed by atoms with Crippen LogP contribution in [0, 0.1) is 11.8 Å². The third-order valence-electron chi connectivity index (χ3n) is 2.95. The minimum Gasteiger partial charge on any atom is -0.247 e. The smallest absolute Gasteiger partial charge is 0.110 e. The number of halogens is 2. The Kier molecular flexibility index (Phi) is 4.87. The number of rotatable bonds is 5. The van der Waals surface area contributed by atoms with Crippen LogP contribution in [0.15, 0.2) is 0 Å². The first-order valence-electron chi connectivity index (χ1n) is 5.12. The maximum absolute atomic E-state index is 13.5. The highest BCUT2D eigenvalue weighted by Gasteiger charge is 2.32. The van der Waals surface area contributed by atoms with Gasteiger partial charge in [0.15, 0.2) is 0 Å². The van der Waals surface area contributed by atoms with Crippen molar-refractivity contribution < 1.29 is 8.78 Å². The second kappa shape index (κ2) is 4.92. The molecule has 0 fully saturated rings. The first kappa shape index (κ1) is 12.9. The van der Waals surface area contributed by atoms with Gasteiger partial charge in [0.1, 0.15) is 11.8 Å². The average molecular weight is 192 g/mol. The predicted molar refractivity (Wildman–Crippen MR) is 53.3 cm³/mol. The van der Waals surface area contributed by atoms with Gasteiger partial charge in [0.2, 0.25) is 0 Å². The van der Waals surface area contributed by atoms with Crippen LogP contribution in [0.3, 0.4) is 0 Å². The molecule has 13 heavy (non-hydrogen) atoms. The van der Waals surface area contributed by atoms with E-state index >= 15 is 0 Å². The zero-order valence-corrected chi connectivity index (χ0v) is 9.40. The third kappa shape index (κ3) is 4.58. The third-order valence-corrected chi connectivity index (χ3v) is 2.95. The standard InChI is InChI=1S/C11H22F2/c1-6-8(2)7-10(12)9(3)11(4,5)13/h8-10H,6-7H2,1-5H3/t8?,9?,10-/m1/s1. The minimum absolute atomic E-state index is 0.347. The van der Waals surface area contributed by atoms with Gasteiger partial charge >= 0.3 is 0 Å². The normalized spacial score (nSPS) is 19.6. The Balaban J connectivity index is 4.03. The van der Waals surface area contributed by atoms with Crippen LogP contribution in [0.4, 0.5) is 8.78 Å². The summed E-state index contributed by atoms with van der Waals surface area (Å²) in [6.45, 7) is 8.57. The SMILES string of the molecule is CCC(C)C[C@@H](F)C(C)C(C)(C)F. The lowest BCUT2D eigenvalue weighted by molar-refractivity contribution is 0.0583. The molecule has 0 saturated heterocycles. The first-order chi connectivity index (χ1) is 5.79. The molecule has 0 nitrogen and oxygen atoms in total. The summed E-state index contributed by atoms with van der Waals surface area (Å²) < 4.78 is 26.8. The highest BCUT2D eigenvalue weighted by Crippen LogP contribution is 2.29. The van der Waals surface area contributed by atoms with Crippen molar-refractivity contribution in [3.8, 4) is 0 Å². The van der Waals surface area contributed by atoms with E-state index in [-0.39, 0.29) is 0 Å². The van der Waals surface area contributed by atoms with Gasteiger partial charge in [-0.3, -0.25) is 0 Å². The summed E-state index contributed by atoms with van der Waals surface area (Å²) in [5.41, 5.74) is -1.41. The molecule has 3 atom stereocenters. The van der Waals surface area contributed by atoms with Crippen LogP contribution in [0.5, 0.6) is 0 Å². The Bertz CT molecular complexity index is 138. The largest absolute Gasteiger partial charge is 0.247 e. The Hall–Kier alpha value is -0.140. The van der Waals surface area contributed by atoms with Crippen LogP contribution in [-0.4, -0.2) is 11.8 Å². The van der Waals surface area contributed by atoms with Crippen molar-refractivity contribution in [3.63, 3.8) is 0 Å². The molecule has 0 aliphatic rings. The van der Waals surface area contributed by atoms with Crippen molar-refractivity contribution >= 4 is 0 Å². The van der Waals surface area contributed by atoms with Crippen LogP contribution < -0.4 is 0 Å². The number of alkyl halides is 2. The molecule has 0 bridgehead atoms. The Labute approximate surface area is 80.7 Å². The van der Waals surface area contributed by atoms with Crippen molar-refractivity contribution in [3.05, 3.63) is 0 Å². The predicted octanol–water partition coefficient (Wildman–Crippen LogP) is 4.14. The molecule has 0 spiro atoms. The maximum Gasteiger partial charge on any atom is 0.110 e. The molecular formula is C11H22F2. The van der Waals surface area contributed by atoms with Crippen molar-refractivity contribution in [2.75, 3.05) is 0 Å². The molecule has 0 radical (unpaired) electrons. The summed E-state index contributed by atoms with van der Waals surface area (Å²) in [6, 6.07) is 0.